The zero-order valence-corrected chi connectivity index (χ0v) is 15.6. The van der Waals surface area contributed by atoms with E-state index in [1.807, 2.05) is 0 Å². The van der Waals surface area contributed by atoms with Crippen LogP contribution in [0.3, 0.4) is 0 Å². The predicted octanol–water partition coefficient (Wildman–Crippen LogP) is 2.86. The monoisotopic (exact) mass is 395 g/mol. The number of carbonyl (C=O) groups is 2. The summed E-state index contributed by atoms with van der Waals surface area (Å²) >= 11 is 0. The zero-order valence-electron chi connectivity index (χ0n) is 15.6. The number of hydrogen-bond donors (Lipinski definition) is 1. The van der Waals surface area contributed by atoms with Crippen LogP contribution in [0.1, 0.15) is 17.3 Å². The lowest BCUT2D eigenvalue weighted by Crippen LogP contribution is -2.28. The highest BCUT2D eigenvalue weighted by atomic mass is 19.1. The Morgan fingerprint density at radius 1 is 1.14 bits per heavy atom. The van der Waals surface area contributed by atoms with Crippen molar-refractivity contribution in [3.05, 3.63) is 82.7 Å². The van der Waals surface area contributed by atoms with Gasteiger partial charge in [0.2, 0.25) is 5.91 Å². The number of amides is 1. The van der Waals surface area contributed by atoms with Gasteiger partial charge in [-0.25, -0.2) is 14.2 Å². The number of anilines is 1. The molecule has 1 N–H and O–H groups in total. The predicted molar refractivity (Wildman–Crippen MR) is 105 cm³/mol. The van der Waals surface area contributed by atoms with Crippen LogP contribution in [0, 0.1) is 5.82 Å². The summed E-state index contributed by atoms with van der Waals surface area (Å²) in [5.41, 5.74) is 0.358. The first-order valence-corrected chi connectivity index (χ1v) is 8.87. The van der Waals surface area contributed by atoms with Crippen LogP contribution in [0.4, 0.5) is 10.1 Å². The van der Waals surface area contributed by atoms with Gasteiger partial charge >= 0.3 is 5.97 Å². The second-order valence-electron chi connectivity index (χ2n) is 6.03. The first-order valence-electron chi connectivity index (χ1n) is 8.87. The van der Waals surface area contributed by atoms with Crippen molar-refractivity contribution in [3.8, 4) is 11.3 Å². The van der Waals surface area contributed by atoms with Crippen LogP contribution in [0.5, 0.6) is 0 Å². The minimum absolute atomic E-state index is 0.178. The molecular formula is C21H18FN3O4. The van der Waals surface area contributed by atoms with Crippen LogP contribution >= 0.6 is 0 Å². The molecule has 3 aromatic rings. The summed E-state index contributed by atoms with van der Waals surface area (Å²) in [5, 5.41) is 2.59. The van der Waals surface area contributed by atoms with E-state index in [9.17, 15) is 18.8 Å². The fourth-order valence-corrected chi connectivity index (χ4v) is 2.68. The summed E-state index contributed by atoms with van der Waals surface area (Å²) in [4.78, 5) is 40.7. The third kappa shape index (κ3) is 4.73. The van der Waals surface area contributed by atoms with Crippen molar-refractivity contribution in [2.45, 2.75) is 13.5 Å². The van der Waals surface area contributed by atoms with E-state index in [-0.39, 0.29) is 35.7 Å². The molecule has 29 heavy (non-hydrogen) atoms. The smallest absolute Gasteiger partial charge is 0.340 e. The van der Waals surface area contributed by atoms with Gasteiger partial charge in [-0.2, -0.15) is 0 Å². The molecule has 2 aromatic carbocycles. The van der Waals surface area contributed by atoms with Gasteiger partial charge in [-0.05, 0) is 31.2 Å². The number of nitrogens with one attached hydrogen (secondary N) is 1. The molecular weight excluding hydrogens is 377 g/mol. The summed E-state index contributed by atoms with van der Waals surface area (Å²) in [6, 6.07) is 13.5. The van der Waals surface area contributed by atoms with Crippen molar-refractivity contribution in [1.82, 2.24) is 9.55 Å². The van der Waals surface area contributed by atoms with Gasteiger partial charge in [0, 0.05) is 11.6 Å². The molecule has 1 aromatic heterocycles. The van der Waals surface area contributed by atoms with Gasteiger partial charge in [0.1, 0.15) is 12.4 Å². The van der Waals surface area contributed by atoms with Crippen LogP contribution in [0.25, 0.3) is 11.3 Å². The van der Waals surface area contributed by atoms with Gasteiger partial charge in [0.05, 0.1) is 29.9 Å². The molecule has 1 amide bonds. The maximum Gasteiger partial charge on any atom is 0.340 e. The Bertz CT molecular complexity index is 1110. The fourth-order valence-electron chi connectivity index (χ4n) is 2.68. The second kappa shape index (κ2) is 8.92. The Balaban J connectivity index is 1.76. The summed E-state index contributed by atoms with van der Waals surface area (Å²) in [7, 11) is 0. The van der Waals surface area contributed by atoms with Crippen molar-refractivity contribution in [2.75, 3.05) is 11.9 Å². The lowest BCUT2D eigenvalue weighted by atomic mass is 10.1. The maximum absolute atomic E-state index is 13.9. The Labute approximate surface area is 165 Å². The molecule has 1 heterocycles. The molecule has 0 saturated carbocycles. The highest BCUT2D eigenvalue weighted by Crippen LogP contribution is 2.19. The largest absolute Gasteiger partial charge is 0.462 e. The minimum atomic E-state index is -0.559. The van der Waals surface area contributed by atoms with E-state index < -0.39 is 23.3 Å². The van der Waals surface area contributed by atoms with Crippen molar-refractivity contribution in [3.63, 3.8) is 0 Å². The lowest BCUT2D eigenvalue weighted by Gasteiger charge is -2.11. The van der Waals surface area contributed by atoms with Crippen LogP contribution in [-0.2, 0) is 16.1 Å². The molecule has 0 bridgehead atoms. The minimum Gasteiger partial charge on any atom is -0.462 e. The molecule has 0 aliphatic heterocycles. The van der Waals surface area contributed by atoms with E-state index in [4.69, 9.17) is 4.74 Å². The quantitative estimate of drug-likeness (QED) is 0.648. The molecule has 0 aliphatic rings. The summed E-state index contributed by atoms with van der Waals surface area (Å²) in [6.45, 7) is 1.57. The number of ether oxygens (including phenoxy) is 1. The van der Waals surface area contributed by atoms with Gasteiger partial charge in [-0.1, -0.05) is 24.3 Å². The fraction of sp³-hybridized carbons (Fsp3) is 0.143. The maximum atomic E-state index is 13.9. The van der Waals surface area contributed by atoms with Gasteiger partial charge in [0.15, 0.2) is 0 Å². The molecule has 0 aliphatic carbocycles. The summed E-state index contributed by atoms with van der Waals surface area (Å²) in [6.07, 6.45) is 1.18. The van der Waals surface area contributed by atoms with E-state index in [0.29, 0.717) is 0 Å². The molecule has 0 atom stereocenters. The van der Waals surface area contributed by atoms with Gasteiger partial charge in [-0.15, -0.1) is 0 Å². The number of para-hydroxylation sites is 1. The van der Waals surface area contributed by atoms with E-state index in [2.05, 4.69) is 10.3 Å². The number of nitrogens with zero attached hydrogens (tertiary/aromatic N) is 2. The molecule has 0 saturated heterocycles. The number of carbonyl (C=O) groups excluding carboxylic acids is 2. The Morgan fingerprint density at radius 3 is 2.59 bits per heavy atom. The highest BCUT2D eigenvalue weighted by Gasteiger charge is 2.15. The molecule has 3 rings (SSSR count). The number of rotatable bonds is 6. The third-order valence-electron chi connectivity index (χ3n) is 4.04. The SMILES string of the molecule is CCOC(=O)c1ccccc1NC(=O)Cn1cnc(-c2ccccc2F)cc1=O. The second-order valence-corrected chi connectivity index (χ2v) is 6.03. The van der Waals surface area contributed by atoms with Gasteiger partial charge in [-0.3, -0.25) is 14.2 Å². The van der Waals surface area contributed by atoms with Crippen molar-refractivity contribution >= 4 is 17.6 Å². The number of aromatic nitrogens is 2. The van der Waals surface area contributed by atoms with Gasteiger partial charge < -0.3 is 10.1 Å². The Hall–Kier alpha value is -3.81. The molecule has 0 spiro atoms. The van der Waals surface area contributed by atoms with Crippen LogP contribution in [-0.4, -0.2) is 28.0 Å². The summed E-state index contributed by atoms with van der Waals surface area (Å²) in [5.74, 6) is -1.58. The lowest BCUT2D eigenvalue weighted by molar-refractivity contribution is -0.116. The number of esters is 1. The van der Waals surface area contributed by atoms with Crippen molar-refractivity contribution in [1.29, 1.82) is 0 Å². The van der Waals surface area contributed by atoms with E-state index in [0.717, 1.165) is 10.6 Å². The van der Waals surface area contributed by atoms with E-state index in [1.165, 1.54) is 24.5 Å². The molecule has 0 radical (unpaired) electrons. The average molecular weight is 395 g/mol. The first kappa shape index (κ1) is 19.9. The Kier molecular flexibility index (Phi) is 6.13. The third-order valence-corrected chi connectivity index (χ3v) is 4.04. The molecule has 0 fully saturated rings. The molecule has 0 unspecified atom stereocenters. The Morgan fingerprint density at radius 2 is 1.86 bits per heavy atom. The van der Waals surface area contributed by atoms with Gasteiger partial charge in [0.25, 0.3) is 5.56 Å². The first-order chi connectivity index (χ1) is 14.0. The molecule has 7 nitrogen and oxygen atoms in total. The van der Waals surface area contributed by atoms with E-state index >= 15 is 0 Å². The number of hydrogen-bond acceptors (Lipinski definition) is 5. The normalized spacial score (nSPS) is 10.4. The van der Waals surface area contributed by atoms with Crippen molar-refractivity contribution < 1.29 is 18.7 Å². The number of halogens is 1. The van der Waals surface area contributed by atoms with Crippen LogP contribution in [0.2, 0.25) is 0 Å². The van der Waals surface area contributed by atoms with Crippen LogP contribution < -0.4 is 10.9 Å². The van der Waals surface area contributed by atoms with E-state index in [1.54, 1.807) is 37.3 Å². The molecule has 8 heteroatoms. The zero-order chi connectivity index (χ0) is 20.8. The van der Waals surface area contributed by atoms with Crippen molar-refractivity contribution in [2.24, 2.45) is 0 Å². The topological polar surface area (TPSA) is 90.3 Å². The standard InChI is InChI=1S/C21H18FN3O4/c1-2-29-21(28)15-8-4-6-10-17(15)24-19(26)12-25-13-23-18(11-20(25)27)14-7-3-5-9-16(14)22/h3-11,13H,2,12H2,1H3,(H,24,26). The molecule has 148 valence electrons. The number of benzene rings is 2. The highest BCUT2D eigenvalue weighted by molar-refractivity contribution is 6.01. The summed E-state index contributed by atoms with van der Waals surface area (Å²) < 4.78 is 19.9. The van der Waals surface area contributed by atoms with Crippen LogP contribution in [0.15, 0.2) is 65.7 Å². The average Bonchev–Trinajstić information content (AvgIpc) is 2.70.